The van der Waals surface area contributed by atoms with Crippen molar-refractivity contribution in [3.63, 3.8) is 0 Å². The lowest BCUT2D eigenvalue weighted by Gasteiger charge is -2.31. The number of benzene rings is 2. The van der Waals surface area contributed by atoms with Crippen molar-refractivity contribution >= 4 is 11.6 Å². The number of halogens is 2. The zero-order chi connectivity index (χ0) is 18.1. The monoisotopic (exact) mass is 368 g/mol. The standard InChI is InChI=1S/C24H26ClF/c1-2-3-4-16-5-10-21-19(13-16)6-7-20-14-17(8-11-22(20)21)18-9-12-23(25)24(26)15-18/h3-4,6-7,9,12,15-17H,2,5,8,10-11,13-14H2,1H3/b4-3+/t16-,17-/m0/s1. The molecule has 0 aromatic heterocycles. The normalized spacial score (nSPS) is 22.3. The molecule has 2 aliphatic carbocycles. The average Bonchev–Trinajstić information content (AvgIpc) is 2.67. The van der Waals surface area contributed by atoms with E-state index in [0.717, 1.165) is 31.2 Å². The summed E-state index contributed by atoms with van der Waals surface area (Å²) in [6, 6.07) is 9.99. The maximum Gasteiger partial charge on any atom is 0.142 e. The van der Waals surface area contributed by atoms with E-state index < -0.39 is 0 Å². The molecule has 2 heteroatoms. The highest BCUT2D eigenvalue weighted by Gasteiger charge is 2.26. The first kappa shape index (κ1) is 17.8. The van der Waals surface area contributed by atoms with Gasteiger partial charge >= 0.3 is 0 Å². The van der Waals surface area contributed by atoms with Crippen molar-refractivity contribution in [2.75, 3.05) is 0 Å². The van der Waals surface area contributed by atoms with Gasteiger partial charge in [0, 0.05) is 0 Å². The zero-order valence-corrected chi connectivity index (χ0v) is 16.2. The Kier molecular flexibility index (Phi) is 5.18. The molecule has 2 atom stereocenters. The van der Waals surface area contributed by atoms with Gasteiger partial charge in [0.05, 0.1) is 5.02 Å². The Bertz CT molecular complexity index is 836. The molecular weight excluding hydrogens is 343 g/mol. The van der Waals surface area contributed by atoms with Crippen LogP contribution in [0.5, 0.6) is 0 Å². The Hall–Kier alpha value is -1.60. The number of hydrogen-bond donors (Lipinski definition) is 0. The second-order valence-corrected chi connectivity index (χ2v) is 8.20. The molecule has 0 saturated carbocycles. The van der Waals surface area contributed by atoms with Gasteiger partial charge in [0.25, 0.3) is 0 Å². The van der Waals surface area contributed by atoms with Crippen LogP contribution in [0.2, 0.25) is 5.02 Å². The lowest BCUT2D eigenvalue weighted by molar-refractivity contribution is 0.532. The molecular formula is C24H26ClF. The van der Waals surface area contributed by atoms with Gasteiger partial charge in [0.1, 0.15) is 5.82 Å². The molecule has 2 aliphatic rings. The van der Waals surface area contributed by atoms with Gasteiger partial charge in [-0.1, -0.05) is 48.9 Å². The maximum absolute atomic E-state index is 13.8. The van der Waals surface area contributed by atoms with Crippen LogP contribution in [0.3, 0.4) is 0 Å². The summed E-state index contributed by atoms with van der Waals surface area (Å²) in [6.07, 6.45) is 12.7. The van der Waals surface area contributed by atoms with Gasteiger partial charge in [-0.2, -0.15) is 0 Å². The van der Waals surface area contributed by atoms with E-state index in [0.29, 0.717) is 11.8 Å². The van der Waals surface area contributed by atoms with Gasteiger partial charge in [-0.05, 0) is 96.7 Å². The highest BCUT2D eigenvalue weighted by Crippen LogP contribution is 2.39. The molecule has 2 aromatic carbocycles. The molecule has 0 heterocycles. The molecule has 136 valence electrons. The van der Waals surface area contributed by atoms with Crippen LogP contribution in [0.1, 0.15) is 59.9 Å². The SMILES string of the molecule is CC/C=C/[C@H]1CCc2c(ccc3c2CC[C@H](c2ccc(Cl)c(F)c2)C3)C1. The summed E-state index contributed by atoms with van der Waals surface area (Å²) >= 11 is 5.84. The molecule has 0 saturated heterocycles. The Morgan fingerprint density at radius 1 is 1.04 bits per heavy atom. The van der Waals surface area contributed by atoms with E-state index >= 15 is 0 Å². The first-order valence-electron chi connectivity index (χ1n) is 9.89. The minimum Gasteiger partial charge on any atom is -0.205 e. The summed E-state index contributed by atoms with van der Waals surface area (Å²) in [5, 5.41) is 0.214. The molecule has 0 amide bonds. The highest BCUT2D eigenvalue weighted by atomic mass is 35.5. The summed E-state index contributed by atoms with van der Waals surface area (Å²) in [4.78, 5) is 0. The molecule has 26 heavy (non-hydrogen) atoms. The van der Waals surface area contributed by atoms with E-state index in [1.165, 1.54) is 24.8 Å². The van der Waals surface area contributed by atoms with E-state index in [9.17, 15) is 4.39 Å². The smallest absolute Gasteiger partial charge is 0.142 e. The van der Waals surface area contributed by atoms with Crippen molar-refractivity contribution in [3.05, 3.63) is 81.1 Å². The molecule has 0 aliphatic heterocycles. The summed E-state index contributed by atoms with van der Waals surface area (Å²) < 4.78 is 13.8. The first-order chi connectivity index (χ1) is 12.7. The molecule has 0 spiro atoms. The predicted octanol–water partition coefficient (Wildman–Crippen LogP) is 6.82. The number of rotatable bonds is 3. The fraction of sp³-hybridized carbons (Fsp3) is 0.417. The molecule has 2 aromatic rings. The van der Waals surface area contributed by atoms with Crippen molar-refractivity contribution in [1.29, 1.82) is 0 Å². The second-order valence-electron chi connectivity index (χ2n) is 7.79. The van der Waals surface area contributed by atoms with Crippen molar-refractivity contribution in [1.82, 2.24) is 0 Å². The van der Waals surface area contributed by atoms with Crippen LogP contribution in [0, 0.1) is 11.7 Å². The molecule has 4 rings (SSSR count). The third-order valence-corrected chi connectivity index (χ3v) is 6.45. The fourth-order valence-electron chi connectivity index (χ4n) is 4.74. The maximum atomic E-state index is 13.8. The van der Waals surface area contributed by atoms with Crippen LogP contribution in [-0.2, 0) is 25.7 Å². The first-order valence-corrected chi connectivity index (χ1v) is 10.3. The molecule has 0 fully saturated rings. The summed E-state index contributed by atoms with van der Waals surface area (Å²) in [5.41, 5.74) is 7.31. The lowest BCUT2D eigenvalue weighted by atomic mass is 9.74. The Labute approximate surface area is 161 Å². The topological polar surface area (TPSA) is 0 Å². The zero-order valence-electron chi connectivity index (χ0n) is 15.4. The second kappa shape index (κ2) is 7.56. The Morgan fingerprint density at radius 3 is 2.50 bits per heavy atom. The third-order valence-electron chi connectivity index (χ3n) is 6.14. The highest BCUT2D eigenvalue weighted by molar-refractivity contribution is 6.30. The van der Waals surface area contributed by atoms with E-state index in [-0.39, 0.29) is 10.8 Å². The summed E-state index contributed by atoms with van der Waals surface area (Å²) in [6.45, 7) is 2.20. The van der Waals surface area contributed by atoms with E-state index in [1.807, 2.05) is 6.07 Å². The van der Waals surface area contributed by atoms with Gasteiger partial charge < -0.3 is 0 Å². The number of hydrogen-bond acceptors (Lipinski definition) is 0. The summed E-state index contributed by atoms with van der Waals surface area (Å²) in [5.74, 6) is 0.802. The van der Waals surface area contributed by atoms with Gasteiger partial charge in [0.2, 0.25) is 0 Å². The van der Waals surface area contributed by atoms with Crippen molar-refractivity contribution in [2.45, 2.75) is 57.8 Å². The van der Waals surface area contributed by atoms with Crippen molar-refractivity contribution in [3.8, 4) is 0 Å². The van der Waals surface area contributed by atoms with E-state index in [1.54, 1.807) is 28.8 Å². The van der Waals surface area contributed by atoms with Crippen LogP contribution in [0.15, 0.2) is 42.5 Å². The molecule has 0 nitrogen and oxygen atoms in total. The average molecular weight is 369 g/mol. The van der Waals surface area contributed by atoms with Crippen molar-refractivity contribution < 1.29 is 4.39 Å². The third kappa shape index (κ3) is 3.47. The minimum absolute atomic E-state index is 0.214. The minimum atomic E-state index is -0.299. The van der Waals surface area contributed by atoms with Gasteiger partial charge in [-0.15, -0.1) is 0 Å². The number of allylic oxidation sites excluding steroid dienone is 2. The quantitative estimate of drug-likeness (QED) is 0.521. The predicted molar refractivity (Wildman–Crippen MR) is 108 cm³/mol. The van der Waals surface area contributed by atoms with Gasteiger partial charge in [-0.3, -0.25) is 0 Å². The van der Waals surface area contributed by atoms with E-state index in [4.69, 9.17) is 11.6 Å². The van der Waals surface area contributed by atoms with Crippen molar-refractivity contribution in [2.24, 2.45) is 5.92 Å². The Balaban J connectivity index is 1.56. The van der Waals surface area contributed by atoms with E-state index in [2.05, 4.69) is 31.2 Å². The van der Waals surface area contributed by atoms with Crippen LogP contribution in [0.4, 0.5) is 4.39 Å². The Morgan fingerprint density at radius 2 is 1.77 bits per heavy atom. The van der Waals surface area contributed by atoms with Gasteiger partial charge in [0.15, 0.2) is 0 Å². The van der Waals surface area contributed by atoms with Crippen LogP contribution < -0.4 is 0 Å². The van der Waals surface area contributed by atoms with Crippen LogP contribution in [-0.4, -0.2) is 0 Å². The fourth-order valence-corrected chi connectivity index (χ4v) is 4.86. The largest absolute Gasteiger partial charge is 0.205 e. The van der Waals surface area contributed by atoms with Crippen LogP contribution >= 0.6 is 11.6 Å². The summed E-state index contributed by atoms with van der Waals surface area (Å²) in [7, 11) is 0. The molecule has 0 N–H and O–H groups in total. The number of fused-ring (bicyclic) bond motifs is 3. The molecule has 0 radical (unpaired) electrons. The van der Waals surface area contributed by atoms with Gasteiger partial charge in [-0.25, -0.2) is 4.39 Å². The van der Waals surface area contributed by atoms with Crippen LogP contribution in [0.25, 0.3) is 0 Å². The lowest BCUT2D eigenvalue weighted by Crippen LogP contribution is -2.20. The molecule has 0 unspecified atom stereocenters. The molecule has 0 bridgehead atoms.